The molecule has 0 saturated heterocycles. The molecule has 128 valence electrons. The minimum Gasteiger partial charge on any atom is -0.461 e. The van der Waals surface area contributed by atoms with Crippen LogP contribution in [0.25, 0.3) is 16.7 Å². The lowest BCUT2D eigenvalue weighted by atomic mass is 10.1. The van der Waals surface area contributed by atoms with Crippen molar-refractivity contribution in [3.05, 3.63) is 62.0 Å². The van der Waals surface area contributed by atoms with E-state index in [0.29, 0.717) is 22.3 Å². The summed E-state index contributed by atoms with van der Waals surface area (Å²) in [5, 5.41) is 3.85. The van der Waals surface area contributed by atoms with Gasteiger partial charge in [0.15, 0.2) is 10.9 Å². The number of carbonyl (C=O) groups excluding carboxylic acids is 1. The number of fused-ring (bicyclic) bond motifs is 2. The maximum absolute atomic E-state index is 12.6. The van der Waals surface area contributed by atoms with Gasteiger partial charge in [-0.25, -0.2) is 0 Å². The second-order valence-electron chi connectivity index (χ2n) is 6.38. The topological polar surface area (TPSA) is 62.6 Å². The predicted octanol–water partition coefficient (Wildman–Crippen LogP) is 3.46. The molecule has 1 unspecified atom stereocenters. The molecule has 0 fully saturated rings. The van der Waals surface area contributed by atoms with Crippen LogP contribution in [0.2, 0.25) is 0 Å². The number of carbonyl (C=O) groups is 1. The predicted molar refractivity (Wildman–Crippen MR) is 99.7 cm³/mol. The molecule has 1 aromatic heterocycles. The fraction of sp³-hybridized carbons (Fsp3) is 0.263. The van der Waals surface area contributed by atoms with Crippen LogP contribution in [0.5, 0.6) is 0 Å². The fourth-order valence-corrected chi connectivity index (χ4v) is 4.49. The lowest BCUT2D eigenvalue weighted by Gasteiger charge is -2.31. The number of amides is 1. The highest BCUT2D eigenvalue weighted by Gasteiger charge is 2.37. The standard InChI is InChI=1S/C19H18N2O3S/c1-9-7-16(22)21-17(12(4)25-19(21)20-9)13-5-6-15-14(8-13)18(23)10(2)11(3)24-15/h5-8,19-20H,1-4H3. The quantitative estimate of drug-likeness (QED) is 0.850. The molecule has 0 aliphatic carbocycles. The van der Waals surface area contributed by atoms with E-state index in [1.807, 2.05) is 26.0 Å². The zero-order valence-corrected chi connectivity index (χ0v) is 15.3. The van der Waals surface area contributed by atoms with Gasteiger partial charge in [0.2, 0.25) is 0 Å². The molecule has 2 aliphatic rings. The van der Waals surface area contributed by atoms with Crippen molar-refractivity contribution in [3.8, 4) is 0 Å². The first-order valence-corrected chi connectivity index (χ1v) is 8.95. The molecular formula is C19H18N2O3S. The maximum Gasteiger partial charge on any atom is 0.255 e. The monoisotopic (exact) mass is 354 g/mol. The van der Waals surface area contributed by atoms with E-state index in [1.165, 1.54) is 0 Å². The zero-order valence-electron chi connectivity index (χ0n) is 14.5. The Morgan fingerprint density at radius 3 is 2.68 bits per heavy atom. The van der Waals surface area contributed by atoms with E-state index >= 15 is 0 Å². The summed E-state index contributed by atoms with van der Waals surface area (Å²) in [5.41, 5.74) is 3.56. The molecule has 0 spiro atoms. The average molecular weight is 354 g/mol. The van der Waals surface area contributed by atoms with Crippen molar-refractivity contribution in [1.82, 2.24) is 10.2 Å². The Morgan fingerprint density at radius 2 is 1.92 bits per heavy atom. The molecule has 5 nitrogen and oxygen atoms in total. The third-order valence-electron chi connectivity index (χ3n) is 4.66. The summed E-state index contributed by atoms with van der Waals surface area (Å²) >= 11 is 1.61. The van der Waals surface area contributed by atoms with E-state index in [9.17, 15) is 9.59 Å². The molecule has 2 aliphatic heterocycles. The maximum atomic E-state index is 12.6. The van der Waals surface area contributed by atoms with E-state index in [1.54, 1.807) is 42.7 Å². The first-order valence-electron chi connectivity index (χ1n) is 8.07. The van der Waals surface area contributed by atoms with Crippen LogP contribution in [0.3, 0.4) is 0 Å². The van der Waals surface area contributed by atoms with Gasteiger partial charge < -0.3 is 9.73 Å². The van der Waals surface area contributed by atoms with Crippen LogP contribution in [0, 0.1) is 13.8 Å². The van der Waals surface area contributed by atoms with Gasteiger partial charge in [-0.05, 0) is 45.9 Å². The summed E-state index contributed by atoms with van der Waals surface area (Å²) in [4.78, 5) is 27.9. The molecule has 0 bridgehead atoms. The van der Waals surface area contributed by atoms with Gasteiger partial charge in [0.05, 0.1) is 11.1 Å². The van der Waals surface area contributed by atoms with Gasteiger partial charge >= 0.3 is 0 Å². The first kappa shape index (κ1) is 16.0. The molecule has 0 radical (unpaired) electrons. The number of benzene rings is 1. The Kier molecular flexibility index (Phi) is 3.54. The molecule has 1 N–H and O–H groups in total. The molecule has 1 amide bonds. The number of rotatable bonds is 1. The van der Waals surface area contributed by atoms with Crippen LogP contribution in [-0.4, -0.2) is 16.3 Å². The van der Waals surface area contributed by atoms with Gasteiger partial charge in [0.1, 0.15) is 11.3 Å². The molecule has 0 saturated carbocycles. The summed E-state index contributed by atoms with van der Waals surface area (Å²) in [6.45, 7) is 7.44. The Balaban J connectivity index is 1.88. The van der Waals surface area contributed by atoms with E-state index < -0.39 is 0 Å². The summed E-state index contributed by atoms with van der Waals surface area (Å²) in [6.07, 6.45) is 1.60. The van der Waals surface area contributed by atoms with Crippen molar-refractivity contribution in [3.63, 3.8) is 0 Å². The summed E-state index contributed by atoms with van der Waals surface area (Å²) in [5.74, 6) is 0.584. The fourth-order valence-electron chi connectivity index (χ4n) is 3.26. The average Bonchev–Trinajstić information content (AvgIpc) is 2.88. The Bertz CT molecular complexity index is 1050. The molecule has 3 heterocycles. The minimum absolute atomic E-state index is 0.0279. The third-order valence-corrected chi connectivity index (χ3v) is 5.75. The van der Waals surface area contributed by atoms with Crippen LogP contribution in [0.4, 0.5) is 0 Å². The highest BCUT2D eigenvalue weighted by molar-refractivity contribution is 8.04. The van der Waals surface area contributed by atoms with Crippen LogP contribution in [0.1, 0.15) is 30.7 Å². The van der Waals surface area contributed by atoms with Gasteiger partial charge in [0.25, 0.3) is 5.91 Å². The van der Waals surface area contributed by atoms with E-state index in [2.05, 4.69) is 5.32 Å². The molecular weight excluding hydrogens is 336 g/mol. The van der Waals surface area contributed by atoms with E-state index in [-0.39, 0.29) is 16.8 Å². The first-order chi connectivity index (χ1) is 11.9. The largest absolute Gasteiger partial charge is 0.461 e. The van der Waals surface area contributed by atoms with Crippen LogP contribution in [-0.2, 0) is 4.79 Å². The molecule has 4 rings (SSSR count). The SMILES string of the molecule is CC1=CC(=O)N2C(c3ccc4oc(C)c(C)c(=O)c4c3)=C(C)SC2N1. The Morgan fingerprint density at radius 1 is 1.16 bits per heavy atom. The van der Waals surface area contributed by atoms with Crippen molar-refractivity contribution in [2.75, 3.05) is 0 Å². The highest BCUT2D eigenvalue weighted by atomic mass is 32.2. The number of nitrogens with one attached hydrogen (secondary N) is 1. The normalized spacial score (nSPS) is 20.0. The second kappa shape index (κ2) is 5.52. The Labute approximate surface area is 149 Å². The minimum atomic E-state index is -0.139. The number of thioether (sulfide) groups is 1. The summed E-state index contributed by atoms with van der Waals surface area (Å²) in [6, 6.07) is 5.54. The van der Waals surface area contributed by atoms with Gasteiger partial charge in [-0.2, -0.15) is 0 Å². The van der Waals surface area contributed by atoms with Crippen molar-refractivity contribution < 1.29 is 9.21 Å². The van der Waals surface area contributed by atoms with Crippen LogP contribution in [0.15, 0.2) is 44.1 Å². The van der Waals surface area contributed by atoms with Crippen molar-refractivity contribution >= 4 is 34.3 Å². The smallest absolute Gasteiger partial charge is 0.255 e. The third kappa shape index (κ3) is 2.40. The number of hydrogen-bond donors (Lipinski definition) is 1. The van der Waals surface area contributed by atoms with E-state index in [0.717, 1.165) is 21.9 Å². The molecule has 1 atom stereocenters. The van der Waals surface area contributed by atoms with Crippen molar-refractivity contribution in [2.24, 2.45) is 0 Å². The lowest BCUT2D eigenvalue weighted by molar-refractivity contribution is -0.124. The van der Waals surface area contributed by atoms with Crippen LogP contribution >= 0.6 is 11.8 Å². The summed E-state index contributed by atoms with van der Waals surface area (Å²) in [7, 11) is 0. The van der Waals surface area contributed by atoms with Gasteiger partial charge in [0, 0.05) is 27.8 Å². The number of nitrogens with zero attached hydrogens (tertiary/aromatic N) is 1. The number of allylic oxidation sites excluding steroid dienone is 2. The van der Waals surface area contributed by atoms with Crippen molar-refractivity contribution in [1.29, 1.82) is 0 Å². The summed E-state index contributed by atoms with van der Waals surface area (Å²) < 4.78 is 5.74. The van der Waals surface area contributed by atoms with E-state index in [4.69, 9.17) is 4.42 Å². The molecule has 25 heavy (non-hydrogen) atoms. The molecule has 1 aromatic carbocycles. The van der Waals surface area contributed by atoms with Gasteiger partial charge in [-0.1, -0.05) is 11.8 Å². The second-order valence-corrected chi connectivity index (χ2v) is 7.67. The molecule has 6 heteroatoms. The Hall–Kier alpha value is -2.47. The zero-order chi connectivity index (χ0) is 17.9. The van der Waals surface area contributed by atoms with Crippen molar-refractivity contribution in [2.45, 2.75) is 33.2 Å². The van der Waals surface area contributed by atoms with Gasteiger partial charge in [-0.15, -0.1) is 0 Å². The van der Waals surface area contributed by atoms with Crippen LogP contribution < -0.4 is 10.7 Å². The van der Waals surface area contributed by atoms with Gasteiger partial charge in [-0.3, -0.25) is 14.5 Å². The molecule has 2 aromatic rings. The highest BCUT2D eigenvalue weighted by Crippen LogP contribution is 2.43. The number of hydrogen-bond acceptors (Lipinski definition) is 5. The number of aryl methyl sites for hydroxylation is 1. The lowest BCUT2D eigenvalue weighted by Crippen LogP contribution is -2.45.